The Morgan fingerprint density at radius 3 is 2.67 bits per heavy atom. The van der Waals surface area contributed by atoms with E-state index in [2.05, 4.69) is 0 Å². The SMILES string of the molecule is CN(CC(=O)O)C(=O)C1CCCN1Cc1ccc(F)cc1. The van der Waals surface area contributed by atoms with Gasteiger partial charge in [0.1, 0.15) is 12.4 Å². The summed E-state index contributed by atoms with van der Waals surface area (Å²) in [6.07, 6.45) is 1.63. The van der Waals surface area contributed by atoms with Crippen molar-refractivity contribution in [1.82, 2.24) is 9.80 Å². The first-order chi connectivity index (χ1) is 9.97. The molecular formula is C15H19FN2O3. The van der Waals surface area contributed by atoms with Gasteiger partial charge in [0.05, 0.1) is 6.04 Å². The van der Waals surface area contributed by atoms with Crippen LogP contribution >= 0.6 is 0 Å². The lowest BCUT2D eigenvalue weighted by Crippen LogP contribution is -2.45. The van der Waals surface area contributed by atoms with Crippen LogP contribution in [-0.4, -0.2) is 53.0 Å². The van der Waals surface area contributed by atoms with Gasteiger partial charge in [-0.1, -0.05) is 12.1 Å². The maximum atomic E-state index is 12.9. The van der Waals surface area contributed by atoms with Crippen LogP contribution in [0.2, 0.25) is 0 Å². The normalized spacial score (nSPS) is 18.7. The highest BCUT2D eigenvalue weighted by Crippen LogP contribution is 2.21. The second-order valence-electron chi connectivity index (χ2n) is 5.34. The molecular weight excluding hydrogens is 275 g/mol. The Hall–Kier alpha value is -1.95. The van der Waals surface area contributed by atoms with Crippen LogP contribution in [0.25, 0.3) is 0 Å². The fourth-order valence-corrected chi connectivity index (χ4v) is 2.65. The summed E-state index contributed by atoms with van der Waals surface area (Å²) in [4.78, 5) is 26.3. The fraction of sp³-hybridized carbons (Fsp3) is 0.467. The number of nitrogens with zero attached hydrogens (tertiary/aromatic N) is 2. The molecule has 2 rings (SSSR count). The molecule has 5 nitrogen and oxygen atoms in total. The molecule has 1 amide bonds. The Labute approximate surface area is 123 Å². The minimum Gasteiger partial charge on any atom is -0.480 e. The molecule has 6 heteroatoms. The third-order valence-corrected chi connectivity index (χ3v) is 3.70. The molecule has 1 aliphatic rings. The monoisotopic (exact) mass is 294 g/mol. The summed E-state index contributed by atoms with van der Waals surface area (Å²) in [5.41, 5.74) is 0.942. The lowest BCUT2D eigenvalue weighted by atomic mass is 10.1. The first-order valence-corrected chi connectivity index (χ1v) is 6.92. The summed E-state index contributed by atoms with van der Waals surface area (Å²) < 4.78 is 12.9. The van der Waals surface area contributed by atoms with Crippen molar-refractivity contribution in [2.45, 2.75) is 25.4 Å². The van der Waals surface area contributed by atoms with E-state index in [1.807, 2.05) is 4.90 Å². The van der Waals surface area contributed by atoms with E-state index in [-0.39, 0.29) is 24.3 Å². The largest absolute Gasteiger partial charge is 0.480 e. The van der Waals surface area contributed by atoms with Gasteiger partial charge in [-0.15, -0.1) is 0 Å². The summed E-state index contributed by atoms with van der Waals surface area (Å²) in [6.45, 7) is 1.06. The standard InChI is InChI=1S/C15H19FN2O3/c1-17(10-14(19)20)15(21)13-3-2-8-18(13)9-11-4-6-12(16)7-5-11/h4-7,13H,2-3,8-10H2,1H3,(H,19,20). The number of halogens is 1. The van der Waals surface area contributed by atoms with Gasteiger partial charge in [-0.2, -0.15) is 0 Å². The minimum absolute atomic E-state index is 0.169. The number of aliphatic carboxylic acids is 1. The van der Waals surface area contributed by atoms with Gasteiger partial charge in [0, 0.05) is 13.6 Å². The predicted octanol–water partition coefficient (Wildman–Crippen LogP) is 1.33. The molecule has 1 aromatic carbocycles. The summed E-state index contributed by atoms with van der Waals surface area (Å²) in [7, 11) is 1.50. The lowest BCUT2D eigenvalue weighted by molar-refractivity contribution is -0.145. The maximum Gasteiger partial charge on any atom is 0.323 e. The molecule has 1 atom stereocenters. The van der Waals surface area contributed by atoms with Crippen LogP contribution in [0.15, 0.2) is 24.3 Å². The Morgan fingerprint density at radius 1 is 1.38 bits per heavy atom. The maximum absolute atomic E-state index is 12.9. The number of amides is 1. The van der Waals surface area contributed by atoms with Crippen molar-refractivity contribution in [3.05, 3.63) is 35.6 Å². The molecule has 0 radical (unpaired) electrons. The Balaban J connectivity index is 2.01. The van der Waals surface area contributed by atoms with Gasteiger partial charge in [0.25, 0.3) is 0 Å². The van der Waals surface area contributed by atoms with E-state index in [0.717, 1.165) is 24.9 Å². The van der Waals surface area contributed by atoms with Crippen molar-refractivity contribution >= 4 is 11.9 Å². The highest BCUT2D eigenvalue weighted by atomic mass is 19.1. The van der Waals surface area contributed by atoms with Crippen LogP contribution in [0, 0.1) is 5.82 Å². The Morgan fingerprint density at radius 2 is 2.05 bits per heavy atom. The van der Waals surface area contributed by atoms with Crippen LogP contribution in [0.3, 0.4) is 0 Å². The van der Waals surface area contributed by atoms with Crippen molar-refractivity contribution < 1.29 is 19.1 Å². The number of carboxylic acid groups (broad SMARTS) is 1. The number of likely N-dealkylation sites (N-methyl/N-ethyl adjacent to an activating group) is 1. The zero-order chi connectivity index (χ0) is 15.4. The zero-order valence-corrected chi connectivity index (χ0v) is 12.0. The molecule has 0 spiro atoms. The summed E-state index contributed by atoms with van der Waals surface area (Å²) in [5, 5.41) is 8.76. The second-order valence-corrected chi connectivity index (χ2v) is 5.34. The molecule has 1 N–H and O–H groups in total. The van der Waals surface area contributed by atoms with Gasteiger partial charge in [-0.3, -0.25) is 14.5 Å². The molecule has 1 fully saturated rings. The van der Waals surface area contributed by atoms with Crippen molar-refractivity contribution in [1.29, 1.82) is 0 Å². The van der Waals surface area contributed by atoms with Gasteiger partial charge < -0.3 is 10.0 Å². The van der Waals surface area contributed by atoms with Gasteiger partial charge in [0.15, 0.2) is 0 Å². The van der Waals surface area contributed by atoms with Crippen molar-refractivity contribution in [3.8, 4) is 0 Å². The molecule has 114 valence electrons. The van der Waals surface area contributed by atoms with Gasteiger partial charge >= 0.3 is 5.97 Å². The fourth-order valence-electron chi connectivity index (χ4n) is 2.65. The van der Waals surface area contributed by atoms with Crippen LogP contribution in [0.4, 0.5) is 4.39 Å². The molecule has 0 bridgehead atoms. The molecule has 1 unspecified atom stereocenters. The number of carbonyl (C=O) groups excluding carboxylic acids is 1. The predicted molar refractivity (Wildman–Crippen MR) is 75.1 cm³/mol. The van der Waals surface area contributed by atoms with Gasteiger partial charge in [-0.05, 0) is 37.1 Å². The molecule has 1 aromatic rings. The highest BCUT2D eigenvalue weighted by Gasteiger charge is 2.32. The van der Waals surface area contributed by atoms with E-state index >= 15 is 0 Å². The number of hydrogen-bond donors (Lipinski definition) is 1. The lowest BCUT2D eigenvalue weighted by Gasteiger charge is -2.27. The number of likely N-dealkylation sites (tertiary alicyclic amines) is 1. The molecule has 21 heavy (non-hydrogen) atoms. The van der Waals surface area contributed by atoms with Crippen molar-refractivity contribution in [2.75, 3.05) is 20.1 Å². The second kappa shape index (κ2) is 6.67. The number of benzene rings is 1. The van der Waals surface area contributed by atoms with E-state index in [9.17, 15) is 14.0 Å². The number of rotatable bonds is 5. The minimum atomic E-state index is -1.02. The molecule has 1 aliphatic heterocycles. The van der Waals surface area contributed by atoms with Crippen molar-refractivity contribution in [2.24, 2.45) is 0 Å². The number of hydrogen-bond acceptors (Lipinski definition) is 3. The molecule has 0 aromatic heterocycles. The quantitative estimate of drug-likeness (QED) is 0.890. The highest BCUT2D eigenvalue weighted by molar-refractivity contribution is 5.85. The van der Waals surface area contributed by atoms with E-state index < -0.39 is 5.97 Å². The van der Waals surface area contributed by atoms with Crippen LogP contribution in [-0.2, 0) is 16.1 Å². The smallest absolute Gasteiger partial charge is 0.323 e. The molecule has 0 aliphatic carbocycles. The van der Waals surface area contributed by atoms with Crippen LogP contribution in [0.5, 0.6) is 0 Å². The Kier molecular flexibility index (Phi) is 4.90. The number of carboxylic acids is 1. The summed E-state index contributed by atoms with van der Waals surface area (Å²) in [6, 6.07) is 5.92. The molecule has 0 saturated carbocycles. The first kappa shape index (κ1) is 15.4. The van der Waals surface area contributed by atoms with Crippen LogP contribution in [0.1, 0.15) is 18.4 Å². The van der Waals surface area contributed by atoms with Gasteiger partial charge in [0.2, 0.25) is 5.91 Å². The average Bonchev–Trinajstić information content (AvgIpc) is 2.88. The Bertz CT molecular complexity index is 518. The van der Waals surface area contributed by atoms with Gasteiger partial charge in [-0.25, -0.2) is 4.39 Å². The molecule has 1 saturated heterocycles. The van der Waals surface area contributed by atoms with E-state index in [4.69, 9.17) is 5.11 Å². The van der Waals surface area contributed by atoms with E-state index in [0.29, 0.717) is 6.54 Å². The first-order valence-electron chi connectivity index (χ1n) is 6.92. The third kappa shape index (κ3) is 4.01. The zero-order valence-electron chi connectivity index (χ0n) is 12.0. The number of carbonyl (C=O) groups is 2. The summed E-state index contributed by atoms with van der Waals surface area (Å²) >= 11 is 0. The summed E-state index contributed by atoms with van der Waals surface area (Å²) in [5.74, 6) is -1.47. The van der Waals surface area contributed by atoms with Crippen LogP contribution < -0.4 is 0 Å². The van der Waals surface area contributed by atoms with E-state index in [1.165, 1.54) is 24.1 Å². The van der Waals surface area contributed by atoms with Crippen molar-refractivity contribution in [3.63, 3.8) is 0 Å². The molecule has 1 heterocycles. The third-order valence-electron chi connectivity index (χ3n) is 3.70. The average molecular weight is 294 g/mol. The van der Waals surface area contributed by atoms with E-state index in [1.54, 1.807) is 12.1 Å². The topological polar surface area (TPSA) is 60.9 Å².